The molecule has 0 saturated heterocycles. The molecular formula is C16H18FN3O. The van der Waals surface area contributed by atoms with Crippen molar-refractivity contribution in [1.82, 2.24) is 10.3 Å². The van der Waals surface area contributed by atoms with Crippen LogP contribution < -0.4 is 10.6 Å². The number of halogens is 1. The first kappa shape index (κ1) is 15.0. The van der Waals surface area contributed by atoms with Crippen LogP contribution in [0.4, 0.5) is 10.1 Å². The van der Waals surface area contributed by atoms with Crippen molar-refractivity contribution in [2.75, 3.05) is 18.9 Å². The third-order valence-corrected chi connectivity index (χ3v) is 3.17. The number of carbonyl (C=O) groups excluding carboxylic acids is 1. The number of amides is 1. The number of aromatic nitrogens is 1. The average Bonchev–Trinajstić information content (AvgIpc) is 2.49. The summed E-state index contributed by atoms with van der Waals surface area (Å²) in [7, 11) is 1.77. The molecule has 2 aromatic rings. The first-order chi connectivity index (χ1) is 10.1. The Hall–Kier alpha value is -2.43. The summed E-state index contributed by atoms with van der Waals surface area (Å²) in [6, 6.07) is 8.09. The van der Waals surface area contributed by atoms with Crippen LogP contribution in [0.2, 0.25) is 0 Å². The van der Waals surface area contributed by atoms with E-state index in [9.17, 15) is 9.18 Å². The Morgan fingerprint density at radius 3 is 2.67 bits per heavy atom. The molecule has 1 aromatic heterocycles. The number of carbonyl (C=O) groups is 1. The number of anilines is 1. The largest absolute Gasteiger partial charge is 0.387 e. The number of aryl methyl sites for hydroxylation is 1. The molecule has 0 bridgehead atoms. The highest BCUT2D eigenvalue weighted by Gasteiger charge is 2.11. The predicted molar refractivity (Wildman–Crippen MR) is 81.0 cm³/mol. The highest BCUT2D eigenvalue weighted by atomic mass is 19.1. The third-order valence-electron chi connectivity index (χ3n) is 3.17. The lowest BCUT2D eigenvalue weighted by molar-refractivity contribution is 0.0954. The smallest absolute Gasteiger partial charge is 0.254 e. The molecule has 5 heteroatoms. The Kier molecular flexibility index (Phi) is 4.87. The highest BCUT2D eigenvalue weighted by Crippen LogP contribution is 2.14. The lowest BCUT2D eigenvalue weighted by atomic mass is 10.1. The Labute approximate surface area is 123 Å². The second-order valence-electron chi connectivity index (χ2n) is 4.75. The molecule has 1 heterocycles. The van der Waals surface area contributed by atoms with E-state index in [-0.39, 0.29) is 11.7 Å². The van der Waals surface area contributed by atoms with Gasteiger partial charge in [0.1, 0.15) is 5.82 Å². The molecule has 1 amide bonds. The summed E-state index contributed by atoms with van der Waals surface area (Å²) in [5.41, 5.74) is 3.10. The van der Waals surface area contributed by atoms with Crippen molar-refractivity contribution in [1.29, 1.82) is 0 Å². The van der Waals surface area contributed by atoms with E-state index < -0.39 is 0 Å². The number of pyridine rings is 1. The average molecular weight is 287 g/mol. The summed E-state index contributed by atoms with van der Waals surface area (Å²) in [4.78, 5) is 16.3. The van der Waals surface area contributed by atoms with Gasteiger partial charge in [0.25, 0.3) is 5.91 Å². The minimum absolute atomic E-state index is 0.172. The number of nitrogens with zero attached hydrogens (tertiary/aromatic N) is 1. The summed E-state index contributed by atoms with van der Waals surface area (Å²) >= 11 is 0. The maximum Gasteiger partial charge on any atom is 0.254 e. The molecule has 1 aromatic carbocycles. The molecule has 2 N–H and O–H groups in total. The monoisotopic (exact) mass is 287 g/mol. The number of benzene rings is 1. The molecule has 0 unspecified atom stereocenters. The summed E-state index contributed by atoms with van der Waals surface area (Å²) in [6.07, 6.45) is 2.22. The van der Waals surface area contributed by atoms with Gasteiger partial charge in [0.05, 0.1) is 11.3 Å². The van der Waals surface area contributed by atoms with Gasteiger partial charge >= 0.3 is 0 Å². The number of rotatable bonds is 5. The van der Waals surface area contributed by atoms with E-state index in [0.717, 1.165) is 16.9 Å². The Balaban J connectivity index is 1.94. The van der Waals surface area contributed by atoms with E-state index in [0.29, 0.717) is 18.5 Å². The zero-order valence-corrected chi connectivity index (χ0v) is 12.1. The molecule has 0 aliphatic rings. The van der Waals surface area contributed by atoms with E-state index >= 15 is 0 Å². The van der Waals surface area contributed by atoms with E-state index in [1.807, 2.05) is 13.0 Å². The van der Waals surface area contributed by atoms with Crippen molar-refractivity contribution in [3.63, 3.8) is 0 Å². The zero-order chi connectivity index (χ0) is 15.2. The first-order valence-electron chi connectivity index (χ1n) is 6.77. The van der Waals surface area contributed by atoms with Crippen molar-refractivity contribution in [3.8, 4) is 0 Å². The van der Waals surface area contributed by atoms with Crippen molar-refractivity contribution in [2.24, 2.45) is 0 Å². The van der Waals surface area contributed by atoms with Crippen LogP contribution in [0.3, 0.4) is 0 Å². The van der Waals surface area contributed by atoms with Gasteiger partial charge in [0.15, 0.2) is 0 Å². The Morgan fingerprint density at radius 2 is 2.00 bits per heavy atom. The van der Waals surface area contributed by atoms with Crippen LogP contribution in [-0.4, -0.2) is 24.5 Å². The van der Waals surface area contributed by atoms with Crippen LogP contribution >= 0.6 is 0 Å². The summed E-state index contributed by atoms with van der Waals surface area (Å²) in [5, 5.41) is 5.83. The summed E-state index contributed by atoms with van der Waals surface area (Å²) in [5.74, 6) is -0.430. The van der Waals surface area contributed by atoms with Crippen molar-refractivity contribution in [2.45, 2.75) is 13.3 Å². The molecule has 0 fully saturated rings. The van der Waals surface area contributed by atoms with Crippen LogP contribution in [0, 0.1) is 12.7 Å². The van der Waals surface area contributed by atoms with Crippen LogP contribution in [-0.2, 0) is 6.42 Å². The first-order valence-corrected chi connectivity index (χ1v) is 6.77. The van der Waals surface area contributed by atoms with Gasteiger partial charge in [-0.3, -0.25) is 9.78 Å². The molecule has 0 atom stereocenters. The topological polar surface area (TPSA) is 54.0 Å². The molecule has 21 heavy (non-hydrogen) atoms. The summed E-state index contributed by atoms with van der Waals surface area (Å²) in [6.45, 7) is 2.36. The van der Waals surface area contributed by atoms with Gasteiger partial charge in [0.2, 0.25) is 0 Å². The van der Waals surface area contributed by atoms with Crippen molar-refractivity contribution >= 4 is 11.6 Å². The second-order valence-corrected chi connectivity index (χ2v) is 4.75. The van der Waals surface area contributed by atoms with E-state index in [1.165, 1.54) is 12.1 Å². The van der Waals surface area contributed by atoms with E-state index in [2.05, 4.69) is 15.6 Å². The van der Waals surface area contributed by atoms with Gasteiger partial charge < -0.3 is 10.6 Å². The molecule has 110 valence electrons. The molecule has 4 nitrogen and oxygen atoms in total. The highest BCUT2D eigenvalue weighted by molar-refractivity contribution is 5.99. The normalized spacial score (nSPS) is 10.2. The lowest BCUT2D eigenvalue weighted by Gasteiger charge is -2.10. The van der Waals surface area contributed by atoms with E-state index in [4.69, 9.17) is 0 Å². The van der Waals surface area contributed by atoms with Crippen LogP contribution in [0.15, 0.2) is 36.5 Å². The molecular weight excluding hydrogens is 269 g/mol. The molecule has 0 spiro atoms. The lowest BCUT2D eigenvalue weighted by Crippen LogP contribution is -2.26. The molecule has 0 aliphatic carbocycles. The van der Waals surface area contributed by atoms with Gasteiger partial charge in [-0.25, -0.2) is 4.39 Å². The zero-order valence-electron chi connectivity index (χ0n) is 12.1. The Morgan fingerprint density at radius 1 is 1.29 bits per heavy atom. The molecule has 0 aliphatic heterocycles. The SMILES string of the molecule is CNc1cc(C)ncc1C(=O)NCCc1ccc(F)cc1. The van der Waals surface area contributed by atoms with Gasteiger partial charge in [-0.15, -0.1) is 0 Å². The quantitative estimate of drug-likeness (QED) is 0.888. The van der Waals surface area contributed by atoms with Gasteiger partial charge in [-0.1, -0.05) is 12.1 Å². The minimum atomic E-state index is -0.257. The van der Waals surface area contributed by atoms with Gasteiger partial charge in [-0.05, 0) is 37.1 Å². The maximum absolute atomic E-state index is 12.8. The van der Waals surface area contributed by atoms with Crippen molar-refractivity contribution in [3.05, 3.63) is 59.2 Å². The predicted octanol–water partition coefficient (Wildman–Crippen LogP) is 2.54. The Bertz CT molecular complexity index is 626. The third kappa shape index (κ3) is 4.02. The van der Waals surface area contributed by atoms with E-state index in [1.54, 1.807) is 25.4 Å². The van der Waals surface area contributed by atoms with Gasteiger partial charge in [0, 0.05) is 25.5 Å². The van der Waals surface area contributed by atoms with Crippen LogP contribution in [0.25, 0.3) is 0 Å². The standard InChI is InChI=1S/C16H18FN3O/c1-11-9-15(18-2)14(10-20-11)16(21)19-8-7-12-3-5-13(17)6-4-12/h3-6,9-10H,7-8H2,1-2H3,(H,18,20)(H,19,21). The fourth-order valence-corrected chi connectivity index (χ4v) is 2.01. The van der Waals surface area contributed by atoms with Crippen molar-refractivity contribution < 1.29 is 9.18 Å². The maximum atomic E-state index is 12.8. The molecule has 2 rings (SSSR count). The molecule has 0 saturated carbocycles. The van der Waals surface area contributed by atoms with Crippen LogP contribution in [0.1, 0.15) is 21.6 Å². The molecule has 0 radical (unpaired) electrons. The second kappa shape index (κ2) is 6.83. The fraction of sp³-hybridized carbons (Fsp3) is 0.250. The number of hydrogen-bond donors (Lipinski definition) is 2. The minimum Gasteiger partial charge on any atom is -0.387 e. The number of hydrogen-bond acceptors (Lipinski definition) is 3. The fourth-order valence-electron chi connectivity index (χ4n) is 2.01. The number of nitrogens with one attached hydrogen (secondary N) is 2. The van der Waals surface area contributed by atoms with Crippen LogP contribution in [0.5, 0.6) is 0 Å². The summed E-state index contributed by atoms with van der Waals surface area (Å²) < 4.78 is 12.8. The van der Waals surface area contributed by atoms with Gasteiger partial charge in [-0.2, -0.15) is 0 Å².